The molecule has 2 rings (SSSR count). The number of amides is 1. The van der Waals surface area contributed by atoms with E-state index in [1.54, 1.807) is 11.8 Å². The summed E-state index contributed by atoms with van der Waals surface area (Å²) in [6, 6.07) is 7.56. The number of nitrogens with one attached hydrogen (secondary N) is 2. The van der Waals surface area contributed by atoms with Gasteiger partial charge in [-0.3, -0.25) is 10.1 Å². The molecule has 0 spiro atoms. The molecule has 0 fully saturated rings. The first-order valence-corrected chi connectivity index (χ1v) is 6.64. The lowest BCUT2D eigenvalue weighted by atomic mass is 10.4. The lowest BCUT2D eigenvalue weighted by Gasteiger charge is -2.03. The average Bonchev–Trinajstić information content (AvgIpc) is 2.84. The summed E-state index contributed by atoms with van der Waals surface area (Å²) in [5.74, 6) is 0.915. The fourth-order valence-electron chi connectivity index (χ4n) is 1.28. The maximum atomic E-state index is 11.5. The van der Waals surface area contributed by atoms with E-state index in [0.717, 1.165) is 4.90 Å². The van der Waals surface area contributed by atoms with Crippen molar-refractivity contribution in [2.45, 2.75) is 11.3 Å². The summed E-state index contributed by atoms with van der Waals surface area (Å²) in [6.45, 7) is 0. The number of aromatic nitrogens is 3. The fourth-order valence-corrected chi connectivity index (χ4v) is 2.46. The number of carbonyl (C=O) groups excluding carboxylic acids is 1. The van der Waals surface area contributed by atoms with Crippen molar-refractivity contribution in [2.24, 2.45) is 0 Å². The second-order valence-electron chi connectivity index (χ2n) is 3.41. The first-order chi connectivity index (χ1) is 8.75. The quantitative estimate of drug-likeness (QED) is 0.827. The molecule has 5 nitrogen and oxygen atoms in total. The first-order valence-electron chi connectivity index (χ1n) is 5.28. The topological polar surface area (TPSA) is 70.7 Å². The van der Waals surface area contributed by atoms with Crippen LogP contribution in [0, 0.1) is 0 Å². The zero-order valence-corrected chi connectivity index (χ0v) is 11.0. The summed E-state index contributed by atoms with van der Waals surface area (Å²) in [4.78, 5) is 16.3. The molecule has 0 aliphatic heterocycles. The Kier molecular flexibility index (Phi) is 4.60. The van der Waals surface area contributed by atoms with Gasteiger partial charge in [0.15, 0.2) is 0 Å². The molecule has 0 aliphatic rings. The van der Waals surface area contributed by atoms with Gasteiger partial charge in [-0.05, 0) is 12.1 Å². The normalized spacial score (nSPS) is 10.3. The van der Waals surface area contributed by atoms with E-state index in [1.807, 2.05) is 24.3 Å². The molecule has 7 heteroatoms. The van der Waals surface area contributed by atoms with Gasteiger partial charge < -0.3 is 0 Å². The van der Waals surface area contributed by atoms with Gasteiger partial charge in [-0.15, -0.1) is 11.8 Å². The molecule has 0 saturated heterocycles. The molecule has 1 aromatic heterocycles. The van der Waals surface area contributed by atoms with E-state index in [1.165, 1.54) is 6.33 Å². The lowest BCUT2D eigenvalue weighted by Crippen LogP contribution is -2.13. The van der Waals surface area contributed by atoms with Crippen molar-refractivity contribution in [3.05, 3.63) is 35.6 Å². The Bertz CT molecular complexity index is 518. The molecule has 2 N–H and O–H groups in total. The van der Waals surface area contributed by atoms with Crippen LogP contribution in [0.25, 0.3) is 0 Å². The second kappa shape index (κ2) is 6.42. The van der Waals surface area contributed by atoms with Gasteiger partial charge in [0.2, 0.25) is 11.9 Å². The summed E-state index contributed by atoms with van der Waals surface area (Å²) in [7, 11) is 0. The van der Waals surface area contributed by atoms with Crippen LogP contribution in [0.3, 0.4) is 0 Å². The van der Waals surface area contributed by atoms with E-state index in [-0.39, 0.29) is 5.91 Å². The molecule has 0 aliphatic carbocycles. The summed E-state index contributed by atoms with van der Waals surface area (Å²) < 4.78 is 0. The van der Waals surface area contributed by atoms with Crippen molar-refractivity contribution in [1.82, 2.24) is 15.2 Å². The number of hydrogen-bond acceptors (Lipinski definition) is 4. The van der Waals surface area contributed by atoms with Crippen LogP contribution in [-0.4, -0.2) is 26.8 Å². The third kappa shape index (κ3) is 3.75. The average molecular weight is 283 g/mol. The molecule has 2 aromatic rings. The maximum absolute atomic E-state index is 11.5. The SMILES string of the molecule is O=C(CCSc1ccccc1Cl)Nc1ncn[nH]1. The highest BCUT2D eigenvalue weighted by Gasteiger charge is 2.05. The van der Waals surface area contributed by atoms with Gasteiger partial charge in [-0.2, -0.15) is 10.1 Å². The number of thioether (sulfide) groups is 1. The monoisotopic (exact) mass is 282 g/mol. The number of carbonyl (C=O) groups is 1. The third-order valence-electron chi connectivity index (χ3n) is 2.10. The minimum Gasteiger partial charge on any atom is -0.295 e. The molecule has 0 unspecified atom stereocenters. The van der Waals surface area contributed by atoms with Crippen LogP contribution < -0.4 is 5.32 Å². The van der Waals surface area contributed by atoms with E-state index < -0.39 is 0 Å². The number of benzene rings is 1. The largest absolute Gasteiger partial charge is 0.295 e. The van der Waals surface area contributed by atoms with E-state index >= 15 is 0 Å². The Morgan fingerprint density at radius 3 is 3.00 bits per heavy atom. The number of nitrogens with zero attached hydrogens (tertiary/aromatic N) is 2. The highest BCUT2D eigenvalue weighted by molar-refractivity contribution is 7.99. The van der Waals surface area contributed by atoms with Crippen molar-refractivity contribution in [1.29, 1.82) is 0 Å². The van der Waals surface area contributed by atoms with Gasteiger partial charge in [-0.1, -0.05) is 23.7 Å². The Morgan fingerprint density at radius 2 is 2.28 bits per heavy atom. The van der Waals surface area contributed by atoms with Crippen molar-refractivity contribution in [3.8, 4) is 0 Å². The predicted octanol–water partition coefficient (Wildman–Crippen LogP) is 2.58. The number of anilines is 1. The molecule has 1 heterocycles. The Labute approximate surface area is 113 Å². The van der Waals surface area contributed by atoms with Crippen LogP contribution in [0.2, 0.25) is 5.02 Å². The van der Waals surface area contributed by atoms with E-state index in [0.29, 0.717) is 23.1 Å². The van der Waals surface area contributed by atoms with Gasteiger partial charge in [-0.25, -0.2) is 5.10 Å². The third-order valence-corrected chi connectivity index (χ3v) is 3.61. The number of halogens is 1. The van der Waals surface area contributed by atoms with E-state index in [9.17, 15) is 4.79 Å². The Hall–Kier alpha value is -1.53. The van der Waals surface area contributed by atoms with Crippen LogP contribution in [0.5, 0.6) is 0 Å². The molecule has 0 atom stereocenters. The van der Waals surface area contributed by atoms with Gasteiger partial charge in [0.1, 0.15) is 6.33 Å². The van der Waals surface area contributed by atoms with Crippen molar-refractivity contribution >= 4 is 35.2 Å². The zero-order chi connectivity index (χ0) is 12.8. The smallest absolute Gasteiger partial charge is 0.227 e. The lowest BCUT2D eigenvalue weighted by molar-refractivity contribution is -0.115. The van der Waals surface area contributed by atoms with Crippen LogP contribution in [-0.2, 0) is 4.79 Å². The van der Waals surface area contributed by atoms with Crippen LogP contribution in [0.4, 0.5) is 5.95 Å². The molecular formula is C11H11ClN4OS. The summed E-state index contributed by atoms with van der Waals surface area (Å²) in [5, 5.41) is 9.52. The van der Waals surface area contributed by atoms with Crippen molar-refractivity contribution in [2.75, 3.05) is 11.1 Å². The highest BCUT2D eigenvalue weighted by Crippen LogP contribution is 2.26. The maximum Gasteiger partial charge on any atom is 0.227 e. The van der Waals surface area contributed by atoms with Crippen molar-refractivity contribution in [3.63, 3.8) is 0 Å². The molecule has 0 bridgehead atoms. The fraction of sp³-hybridized carbons (Fsp3) is 0.182. The highest BCUT2D eigenvalue weighted by atomic mass is 35.5. The Balaban J connectivity index is 1.75. The van der Waals surface area contributed by atoms with Crippen LogP contribution in [0.15, 0.2) is 35.5 Å². The van der Waals surface area contributed by atoms with Crippen molar-refractivity contribution < 1.29 is 4.79 Å². The van der Waals surface area contributed by atoms with E-state index in [2.05, 4.69) is 20.5 Å². The van der Waals surface area contributed by atoms with Crippen LogP contribution >= 0.6 is 23.4 Å². The standard InChI is InChI=1S/C11H11ClN4OS/c12-8-3-1-2-4-9(8)18-6-5-10(17)15-11-13-7-14-16-11/h1-4,7H,5-6H2,(H2,13,14,15,16,17). The van der Waals surface area contributed by atoms with Gasteiger partial charge in [0.25, 0.3) is 0 Å². The molecule has 1 aromatic carbocycles. The minimum absolute atomic E-state index is 0.105. The van der Waals surface area contributed by atoms with Crippen LogP contribution in [0.1, 0.15) is 6.42 Å². The molecule has 0 saturated carbocycles. The molecule has 0 radical (unpaired) electrons. The number of rotatable bonds is 5. The van der Waals surface area contributed by atoms with Gasteiger partial charge in [0.05, 0.1) is 5.02 Å². The zero-order valence-electron chi connectivity index (χ0n) is 9.39. The van der Waals surface area contributed by atoms with E-state index in [4.69, 9.17) is 11.6 Å². The molecule has 18 heavy (non-hydrogen) atoms. The predicted molar refractivity (Wildman–Crippen MR) is 71.8 cm³/mol. The minimum atomic E-state index is -0.105. The Morgan fingerprint density at radius 1 is 1.44 bits per heavy atom. The number of aromatic amines is 1. The number of H-pyrrole nitrogens is 1. The molecule has 1 amide bonds. The second-order valence-corrected chi connectivity index (χ2v) is 4.96. The summed E-state index contributed by atoms with van der Waals surface area (Å²) in [5.41, 5.74) is 0. The number of hydrogen-bond donors (Lipinski definition) is 2. The summed E-state index contributed by atoms with van der Waals surface area (Å²) in [6.07, 6.45) is 1.73. The molecule has 94 valence electrons. The first kappa shape index (κ1) is 12.9. The van der Waals surface area contributed by atoms with Gasteiger partial charge in [0, 0.05) is 17.1 Å². The molecular weight excluding hydrogens is 272 g/mol. The summed E-state index contributed by atoms with van der Waals surface area (Å²) >= 11 is 7.56. The van der Waals surface area contributed by atoms with Gasteiger partial charge >= 0.3 is 0 Å².